The van der Waals surface area contributed by atoms with Crippen molar-refractivity contribution in [3.63, 3.8) is 0 Å². The highest BCUT2D eigenvalue weighted by molar-refractivity contribution is 6.16. The lowest BCUT2D eigenvalue weighted by Crippen LogP contribution is -2.42. The summed E-state index contributed by atoms with van der Waals surface area (Å²) in [5, 5.41) is 2.93. The number of aliphatic imine (C=N–C) groups is 1. The summed E-state index contributed by atoms with van der Waals surface area (Å²) in [6.45, 7) is 6.15. The molecule has 2 aromatic rings. The third kappa shape index (κ3) is 3.82. The maximum atomic E-state index is 13.3. The number of fused-ring (bicyclic) bond motifs is 2. The van der Waals surface area contributed by atoms with Gasteiger partial charge in [0.05, 0.1) is 17.3 Å². The highest BCUT2D eigenvalue weighted by Crippen LogP contribution is 2.39. The zero-order valence-corrected chi connectivity index (χ0v) is 17.3. The summed E-state index contributed by atoms with van der Waals surface area (Å²) >= 11 is 0. The summed E-state index contributed by atoms with van der Waals surface area (Å²) in [6.07, 6.45) is 3.59. The number of hydrogen-bond donors (Lipinski definition) is 1. The predicted molar refractivity (Wildman–Crippen MR) is 117 cm³/mol. The number of carbonyl (C=O) groups excluding carboxylic acids is 2. The van der Waals surface area contributed by atoms with Crippen LogP contribution in [0.5, 0.6) is 0 Å². The van der Waals surface area contributed by atoms with Gasteiger partial charge in [0, 0.05) is 11.4 Å². The number of anilines is 2. The minimum absolute atomic E-state index is 0.0108. The predicted octanol–water partition coefficient (Wildman–Crippen LogP) is 4.72. The maximum Gasteiger partial charge on any atom is 0.244 e. The second-order valence-corrected chi connectivity index (χ2v) is 8.00. The Bertz CT molecular complexity index is 992. The van der Waals surface area contributed by atoms with Crippen LogP contribution in [0.2, 0.25) is 0 Å². The van der Waals surface area contributed by atoms with Crippen LogP contribution in [0.3, 0.4) is 0 Å². The molecule has 0 bridgehead atoms. The summed E-state index contributed by atoms with van der Waals surface area (Å²) < 4.78 is 0. The fraction of sp³-hybridized carbons (Fsp3) is 0.375. The van der Waals surface area contributed by atoms with Crippen molar-refractivity contribution in [1.82, 2.24) is 0 Å². The SMILES string of the molecule is CCc1ccc(NC(=O)CN2C(=O)[C@@H]3CCCC3=Nc3cc(C)c(C)cc32)cc1. The summed E-state index contributed by atoms with van der Waals surface area (Å²) in [5.41, 5.74) is 6.67. The van der Waals surface area contributed by atoms with Gasteiger partial charge in [-0.05, 0) is 80.5 Å². The molecule has 0 spiro atoms. The van der Waals surface area contributed by atoms with Crippen molar-refractivity contribution < 1.29 is 9.59 Å². The number of aryl methyl sites for hydroxylation is 3. The zero-order valence-electron chi connectivity index (χ0n) is 17.3. The minimum Gasteiger partial charge on any atom is -0.325 e. The van der Waals surface area contributed by atoms with E-state index >= 15 is 0 Å². The average molecular weight is 389 g/mol. The van der Waals surface area contributed by atoms with Gasteiger partial charge in [0.2, 0.25) is 11.8 Å². The molecule has 150 valence electrons. The van der Waals surface area contributed by atoms with Gasteiger partial charge in [0.1, 0.15) is 6.54 Å². The van der Waals surface area contributed by atoms with Gasteiger partial charge < -0.3 is 10.2 Å². The Kier molecular flexibility index (Phi) is 5.22. The molecule has 1 fully saturated rings. The van der Waals surface area contributed by atoms with Crippen LogP contribution in [-0.4, -0.2) is 24.1 Å². The van der Waals surface area contributed by atoms with Crippen LogP contribution in [0.15, 0.2) is 41.4 Å². The van der Waals surface area contributed by atoms with E-state index in [1.165, 1.54) is 5.56 Å². The van der Waals surface area contributed by atoms with Crippen molar-refractivity contribution in [1.29, 1.82) is 0 Å². The van der Waals surface area contributed by atoms with Gasteiger partial charge in [-0.3, -0.25) is 14.6 Å². The Hall–Kier alpha value is -2.95. The molecule has 5 nitrogen and oxygen atoms in total. The van der Waals surface area contributed by atoms with Gasteiger partial charge in [-0.1, -0.05) is 19.1 Å². The van der Waals surface area contributed by atoms with E-state index in [2.05, 4.69) is 12.2 Å². The Balaban J connectivity index is 1.62. The number of benzene rings is 2. The maximum absolute atomic E-state index is 13.3. The third-order valence-corrected chi connectivity index (χ3v) is 5.99. The molecule has 0 radical (unpaired) electrons. The second kappa shape index (κ2) is 7.82. The lowest BCUT2D eigenvalue weighted by molar-refractivity contribution is -0.122. The number of rotatable bonds is 4. The first-order chi connectivity index (χ1) is 14.0. The monoisotopic (exact) mass is 389 g/mol. The Morgan fingerprint density at radius 2 is 1.90 bits per heavy atom. The van der Waals surface area contributed by atoms with E-state index in [9.17, 15) is 9.59 Å². The van der Waals surface area contributed by atoms with E-state index in [1.54, 1.807) is 4.90 Å². The van der Waals surface area contributed by atoms with Gasteiger partial charge in [-0.15, -0.1) is 0 Å². The van der Waals surface area contributed by atoms with Gasteiger partial charge in [-0.2, -0.15) is 0 Å². The molecule has 29 heavy (non-hydrogen) atoms. The summed E-state index contributed by atoms with van der Waals surface area (Å²) in [6, 6.07) is 11.8. The second-order valence-electron chi connectivity index (χ2n) is 8.00. The number of nitrogens with zero attached hydrogens (tertiary/aromatic N) is 2. The van der Waals surface area contributed by atoms with Crippen LogP contribution in [-0.2, 0) is 16.0 Å². The van der Waals surface area contributed by atoms with E-state index in [0.717, 1.165) is 59.6 Å². The first-order valence-electron chi connectivity index (χ1n) is 10.3. The molecule has 1 aliphatic carbocycles. The van der Waals surface area contributed by atoms with E-state index in [4.69, 9.17) is 4.99 Å². The van der Waals surface area contributed by atoms with E-state index in [1.807, 2.05) is 50.2 Å². The summed E-state index contributed by atoms with van der Waals surface area (Å²) in [7, 11) is 0. The highest BCUT2D eigenvalue weighted by atomic mass is 16.2. The van der Waals surface area contributed by atoms with E-state index in [-0.39, 0.29) is 24.3 Å². The van der Waals surface area contributed by atoms with Gasteiger partial charge in [0.15, 0.2) is 0 Å². The fourth-order valence-electron chi connectivity index (χ4n) is 4.11. The van der Waals surface area contributed by atoms with Crippen LogP contribution < -0.4 is 10.2 Å². The summed E-state index contributed by atoms with van der Waals surface area (Å²) in [5.74, 6) is -0.424. The Morgan fingerprint density at radius 3 is 2.62 bits per heavy atom. The first kappa shape index (κ1) is 19.4. The molecule has 4 rings (SSSR count). The van der Waals surface area contributed by atoms with Crippen molar-refractivity contribution >= 4 is 34.6 Å². The molecular formula is C24H27N3O2. The zero-order chi connectivity index (χ0) is 20.5. The molecule has 0 aromatic heterocycles. The van der Waals surface area contributed by atoms with Gasteiger partial charge in [-0.25, -0.2) is 0 Å². The lowest BCUT2D eigenvalue weighted by atomic mass is 10.0. The molecule has 0 unspecified atom stereocenters. The van der Waals surface area contributed by atoms with Gasteiger partial charge >= 0.3 is 0 Å². The average Bonchev–Trinajstić information content (AvgIpc) is 3.14. The third-order valence-electron chi connectivity index (χ3n) is 5.99. The molecule has 5 heteroatoms. The molecule has 1 heterocycles. The lowest BCUT2D eigenvalue weighted by Gasteiger charge is -2.25. The number of nitrogens with one attached hydrogen (secondary N) is 1. The van der Waals surface area contributed by atoms with Crippen molar-refractivity contribution in [3.05, 3.63) is 53.1 Å². The Morgan fingerprint density at radius 1 is 1.17 bits per heavy atom. The molecule has 2 aromatic carbocycles. The van der Waals surface area contributed by atoms with Crippen LogP contribution in [0, 0.1) is 19.8 Å². The fourth-order valence-corrected chi connectivity index (χ4v) is 4.11. The quantitative estimate of drug-likeness (QED) is 0.822. The minimum atomic E-state index is -0.209. The molecule has 2 amide bonds. The van der Waals surface area contributed by atoms with Crippen LogP contribution in [0.1, 0.15) is 42.9 Å². The molecular weight excluding hydrogens is 362 g/mol. The van der Waals surface area contributed by atoms with Crippen LogP contribution in [0.25, 0.3) is 0 Å². The standard InChI is InChI=1S/C24H27N3O2/c1-4-17-8-10-18(11-9-17)25-23(28)14-27-22-13-16(3)15(2)12-21(22)26-20-7-5-6-19(20)24(27)29/h8-13,19H,4-7,14H2,1-3H3,(H,25,28)/t19-/m1/s1. The smallest absolute Gasteiger partial charge is 0.244 e. The molecule has 1 atom stereocenters. The van der Waals surface area contributed by atoms with Crippen LogP contribution in [0.4, 0.5) is 17.1 Å². The normalized spacial score (nSPS) is 18.0. The molecule has 1 saturated carbocycles. The van der Waals surface area contributed by atoms with Crippen molar-refractivity contribution in [2.75, 3.05) is 16.8 Å². The molecule has 1 N–H and O–H groups in total. The van der Waals surface area contributed by atoms with Crippen LogP contribution >= 0.6 is 0 Å². The molecule has 0 saturated heterocycles. The number of amides is 2. The molecule has 1 aliphatic heterocycles. The van der Waals surface area contributed by atoms with E-state index < -0.39 is 0 Å². The number of hydrogen-bond acceptors (Lipinski definition) is 3. The van der Waals surface area contributed by atoms with Crippen molar-refractivity contribution in [2.45, 2.75) is 46.5 Å². The summed E-state index contributed by atoms with van der Waals surface area (Å²) in [4.78, 5) is 32.6. The van der Waals surface area contributed by atoms with E-state index in [0.29, 0.717) is 0 Å². The molecule has 2 aliphatic rings. The van der Waals surface area contributed by atoms with Gasteiger partial charge in [0.25, 0.3) is 0 Å². The first-order valence-corrected chi connectivity index (χ1v) is 10.3. The van der Waals surface area contributed by atoms with Crippen molar-refractivity contribution in [2.24, 2.45) is 10.9 Å². The topological polar surface area (TPSA) is 61.8 Å². The van der Waals surface area contributed by atoms with Crippen molar-refractivity contribution in [3.8, 4) is 0 Å². The highest BCUT2D eigenvalue weighted by Gasteiger charge is 2.37. The Labute approximate surface area is 171 Å². The largest absolute Gasteiger partial charge is 0.325 e. The number of carbonyl (C=O) groups is 2.